The summed E-state index contributed by atoms with van der Waals surface area (Å²) in [6, 6.07) is 6.33. The van der Waals surface area contributed by atoms with Crippen molar-refractivity contribution < 1.29 is 13.3 Å². The zero-order valence-corrected chi connectivity index (χ0v) is 14.6. The van der Waals surface area contributed by atoms with Crippen LogP contribution in [0.1, 0.15) is 5.56 Å². The summed E-state index contributed by atoms with van der Waals surface area (Å²) in [5.41, 5.74) is 0.936. The Balaban J connectivity index is 2.53. The molecule has 0 radical (unpaired) electrons. The Morgan fingerprint density at radius 1 is 1.04 bits per heavy atom. The van der Waals surface area contributed by atoms with E-state index in [1.165, 1.54) is 19.2 Å². The Kier molecular flexibility index (Phi) is 5.03. The number of halogens is 1. The van der Waals surface area contributed by atoms with Crippen molar-refractivity contribution >= 4 is 33.5 Å². The van der Waals surface area contributed by atoms with Crippen LogP contribution in [0.15, 0.2) is 29.2 Å². The molecule has 1 aromatic carbocycles. The van der Waals surface area contributed by atoms with Crippen LogP contribution in [0.5, 0.6) is 0 Å². The van der Waals surface area contributed by atoms with Gasteiger partial charge in [-0.25, -0.2) is 0 Å². The van der Waals surface area contributed by atoms with Crippen LogP contribution in [0.2, 0.25) is 5.28 Å². The fraction of sp³-hybridized carbons (Fsp3) is 0.308. The lowest BCUT2D eigenvalue weighted by molar-refractivity contribution is 0.211. The standard InChI is InChI=1S/C13H16ClN5O3S/c1-9-5-7-10(8-6-9)23(20,21)19(22-4)13-16-11(14)15-12(17-13)18(2)3/h5-8H,1-4H3. The Morgan fingerprint density at radius 2 is 1.61 bits per heavy atom. The number of hydrogen-bond donors (Lipinski definition) is 0. The first-order chi connectivity index (χ1) is 10.8. The zero-order chi connectivity index (χ0) is 17.2. The molecule has 0 saturated heterocycles. The number of aryl methyl sites for hydroxylation is 1. The van der Waals surface area contributed by atoms with Crippen molar-refractivity contribution in [1.29, 1.82) is 0 Å². The first kappa shape index (κ1) is 17.4. The summed E-state index contributed by atoms with van der Waals surface area (Å²) < 4.78 is 26.0. The number of aromatic nitrogens is 3. The highest BCUT2D eigenvalue weighted by Crippen LogP contribution is 2.23. The molecule has 1 heterocycles. The average Bonchev–Trinajstić information content (AvgIpc) is 2.47. The molecule has 23 heavy (non-hydrogen) atoms. The van der Waals surface area contributed by atoms with Gasteiger partial charge in [-0.3, -0.25) is 4.84 Å². The molecule has 10 heteroatoms. The number of rotatable bonds is 5. The van der Waals surface area contributed by atoms with E-state index >= 15 is 0 Å². The normalized spacial score (nSPS) is 11.3. The van der Waals surface area contributed by atoms with E-state index in [1.54, 1.807) is 31.1 Å². The summed E-state index contributed by atoms with van der Waals surface area (Å²) in [7, 11) is 0.599. The summed E-state index contributed by atoms with van der Waals surface area (Å²) in [6.45, 7) is 1.86. The highest BCUT2D eigenvalue weighted by molar-refractivity contribution is 7.92. The topological polar surface area (TPSA) is 88.5 Å². The molecule has 0 spiro atoms. The second-order valence-corrected chi connectivity index (χ2v) is 6.92. The zero-order valence-electron chi connectivity index (χ0n) is 13.1. The molecule has 0 bridgehead atoms. The Morgan fingerprint density at radius 3 is 2.13 bits per heavy atom. The average molecular weight is 358 g/mol. The molecule has 0 saturated carbocycles. The van der Waals surface area contributed by atoms with Gasteiger partial charge in [0.25, 0.3) is 16.0 Å². The second-order valence-electron chi connectivity index (χ2n) is 4.83. The van der Waals surface area contributed by atoms with Crippen molar-refractivity contribution in [3.05, 3.63) is 35.1 Å². The summed E-state index contributed by atoms with van der Waals surface area (Å²) in [4.78, 5) is 18.4. The van der Waals surface area contributed by atoms with E-state index in [9.17, 15) is 8.42 Å². The van der Waals surface area contributed by atoms with Crippen molar-refractivity contribution in [3.8, 4) is 0 Å². The monoisotopic (exact) mass is 357 g/mol. The molecule has 1 aromatic heterocycles. The predicted octanol–water partition coefficient (Wildman–Crippen LogP) is 1.66. The van der Waals surface area contributed by atoms with Crippen LogP contribution in [-0.4, -0.2) is 44.6 Å². The van der Waals surface area contributed by atoms with Crippen LogP contribution >= 0.6 is 11.6 Å². The van der Waals surface area contributed by atoms with Crippen LogP contribution in [0.4, 0.5) is 11.9 Å². The number of hydrogen-bond acceptors (Lipinski definition) is 7. The van der Waals surface area contributed by atoms with Gasteiger partial charge in [0.2, 0.25) is 11.2 Å². The maximum Gasteiger partial charge on any atom is 0.289 e. The fourth-order valence-corrected chi connectivity index (χ4v) is 3.02. The molecule has 124 valence electrons. The van der Waals surface area contributed by atoms with Gasteiger partial charge < -0.3 is 4.90 Å². The second kappa shape index (κ2) is 6.65. The maximum atomic E-state index is 12.7. The minimum atomic E-state index is -4.00. The smallest absolute Gasteiger partial charge is 0.289 e. The van der Waals surface area contributed by atoms with Crippen molar-refractivity contribution in [2.24, 2.45) is 0 Å². The molecule has 0 unspecified atom stereocenters. The molecule has 0 aliphatic rings. The molecule has 2 aromatic rings. The summed E-state index contributed by atoms with van der Waals surface area (Å²) in [6.07, 6.45) is 0. The molecule has 0 atom stereocenters. The SMILES string of the molecule is CON(c1nc(Cl)nc(N(C)C)n1)S(=O)(=O)c1ccc(C)cc1. The van der Waals surface area contributed by atoms with Crippen LogP contribution < -0.4 is 9.37 Å². The molecule has 0 amide bonds. The minimum absolute atomic E-state index is 0.0490. The highest BCUT2D eigenvalue weighted by Gasteiger charge is 2.29. The number of sulfonamides is 1. The van der Waals surface area contributed by atoms with Crippen molar-refractivity contribution in [2.45, 2.75) is 11.8 Å². The van der Waals surface area contributed by atoms with E-state index in [4.69, 9.17) is 16.4 Å². The van der Waals surface area contributed by atoms with E-state index < -0.39 is 10.0 Å². The van der Waals surface area contributed by atoms with E-state index in [0.717, 1.165) is 5.56 Å². The first-order valence-electron chi connectivity index (χ1n) is 6.50. The van der Waals surface area contributed by atoms with E-state index in [2.05, 4.69) is 15.0 Å². The lowest BCUT2D eigenvalue weighted by Gasteiger charge is -2.20. The summed E-state index contributed by atoms with van der Waals surface area (Å²) in [5, 5.41) is -0.139. The van der Waals surface area contributed by atoms with E-state index in [1.807, 2.05) is 6.92 Å². The molecule has 8 nitrogen and oxygen atoms in total. The quantitative estimate of drug-likeness (QED) is 0.752. The molecular weight excluding hydrogens is 342 g/mol. The lowest BCUT2D eigenvalue weighted by atomic mass is 10.2. The maximum absolute atomic E-state index is 12.7. The third-order valence-electron chi connectivity index (χ3n) is 2.85. The van der Waals surface area contributed by atoms with Crippen LogP contribution in [0.25, 0.3) is 0 Å². The van der Waals surface area contributed by atoms with Crippen LogP contribution in [-0.2, 0) is 14.9 Å². The minimum Gasteiger partial charge on any atom is -0.347 e. The molecule has 0 aliphatic carbocycles. The Bertz CT molecular complexity index is 796. The van der Waals surface area contributed by atoms with Crippen LogP contribution in [0, 0.1) is 6.92 Å². The van der Waals surface area contributed by atoms with Gasteiger partial charge in [0.1, 0.15) is 0 Å². The Labute approximate surface area is 139 Å². The molecular formula is C13H16ClN5O3S. The van der Waals surface area contributed by atoms with Gasteiger partial charge in [-0.05, 0) is 30.7 Å². The van der Waals surface area contributed by atoms with Gasteiger partial charge in [0.05, 0.1) is 12.0 Å². The van der Waals surface area contributed by atoms with Crippen molar-refractivity contribution in [1.82, 2.24) is 15.0 Å². The molecule has 0 N–H and O–H groups in total. The van der Waals surface area contributed by atoms with E-state index in [0.29, 0.717) is 4.47 Å². The number of benzene rings is 1. The summed E-state index contributed by atoms with van der Waals surface area (Å²) in [5.74, 6) is -0.0158. The van der Waals surface area contributed by atoms with Gasteiger partial charge >= 0.3 is 0 Å². The van der Waals surface area contributed by atoms with Crippen molar-refractivity contribution in [2.75, 3.05) is 30.6 Å². The van der Waals surface area contributed by atoms with Gasteiger partial charge in [-0.1, -0.05) is 17.7 Å². The molecule has 0 aliphatic heterocycles. The third-order valence-corrected chi connectivity index (χ3v) is 4.64. The van der Waals surface area contributed by atoms with Gasteiger partial charge in [0, 0.05) is 14.1 Å². The van der Waals surface area contributed by atoms with Crippen molar-refractivity contribution in [3.63, 3.8) is 0 Å². The highest BCUT2D eigenvalue weighted by atomic mass is 35.5. The van der Waals surface area contributed by atoms with E-state index in [-0.39, 0.29) is 22.1 Å². The van der Waals surface area contributed by atoms with Gasteiger partial charge in [-0.15, -0.1) is 4.47 Å². The number of anilines is 2. The Hall–Kier alpha value is -1.97. The van der Waals surface area contributed by atoms with Gasteiger partial charge in [-0.2, -0.15) is 23.4 Å². The first-order valence-corrected chi connectivity index (χ1v) is 8.32. The van der Waals surface area contributed by atoms with Gasteiger partial charge in [0.15, 0.2) is 0 Å². The number of nitrogens with zero attached hydrogens (tertiary/aromatic N) is 5. The lowest BCUT2D eigenvalue weighted by Crippen LogP contribution is -2.32. The summed E-state index contributed by atoms with van der Waals surface area (Å²) >= 11 is 5.85. The van der Waals surface area contributed by atoms with Crippen LogP contribution in [0.3, 0.4) is 0 Å². The third kappa shape index (κ3) is 3.69. The molecule has 2 rings (SSSR count). The predicted molar refractivity (Wildman–Crippen MR) is 87.0 cm³/mol. The molecule has 0 fully saturated rings. The largest absolute Gasteiger partial charge is 0.347 e. The fourth-order valence-electron chi connectivity index (χ4n) is 1.70.